The Morgan fingerprint density at radius 3 is 2.39 bits per heavy atom. The Kier molecular flexibility index (Phi) is 5.02. The van der Waals surface area contributed by atoms with Crippen LogP contribution >= 0.6 is 0 Å². The summed E-state index contributed by atoms with van der Waals surface area (Å²) in [5, 5.41) is 12.3. The van der Waals surface area contributed by atoms with E-state index in [4.69, 9.17) is 9.97 Å². The van der Waals surface area contributed by atoms with Crippen LogP contribution in [0.15, 0.2) is 91.1 Å². The molecule has 0 atom stereocenters. The number of benzene rings is 3. The summed E-state index contributed by atoms with van der Waals surface area (Å²) in [5.74, 6) is 1.26. The number of nitrogens with zero attached hydrogens (tertiary/aromatic N) is 4. The van der Waals surface area contributed by atoms with Crippen LogP contribution in [0.4, 0.5) is 17.5 Å². The molecule has 0 amide bonds. The molecule has 6 nitrogen and oxygen atoms in total. The maximum absolute atomic E-state index is 4.78. The zero-order chi connectivity index (χ0) is 21.0. The smallest absolute Gasteiger partial charge is 0.227 e. The minimum atomic E-state index is 0.546. The predicted molar refractivity (Wildman–Crippen MR) is 125 cm³/mol. The lowest BCUT2D eigenvalue weighted by Gasteiger charge is -2.11. The molecule has 0 aliphatic rings. The average molecular weight is 406 g/mol. The lowest BCUT2D eigenvalue weighted by molar-refractivity contribution is 0.894. The van der Waals surface area contributed by atoms with Crippen molar-refractivity contribution in [3.05, 3.63) is 102 Å². The molecule has 5 aromatic rings. The van der Waals surface area contributed by atoms with Gasteiger partial charge in [-0.2, -0.15) is 15.1 Å². The Morgan fingerprint density at radius 2 is 1.61 bits per heavy atom. The molecule has 0 aliphatic heterocycles. The van der Waals surface area contributed by atoms with Crippen LogP contribution in [0.1, 0.15) is 11.1 Å². The van der Waals surface area contributed by atoms with E-state index in [1.165, 1.54) is 5.56 Å². The van der Waals surface area contributed by atoms with Crippen molar-refractivity contribution in [2.45, 2.75) is 13.5 Å². The highest BCUT2D eigenvalue weighted by Crippen LogP contribution is 2.27. The lowest BCUT2D eigenvalue weighted by Crippen LogP contribution is -2.07. The van der Waals surface area contributed by atoms with Gasteiger partial charge in [0.1, 0.15) is 5.82 Å². The highest BCUT2D eigenvalue weighted by Gasteiger charge is 2.14. The van der Waals surface area contributed by atoms with E-state index in [1.54, 1.807) is 6.20 Å². The molecular formula is C25H22N6. The van der Waals surface area contributed by atoms with Crippen LogP contribution < -0.4 is 10.6 Å². The molecule has 152 valence electrons. The standard InChI is InChI=1S/C25H22N6/c1-18-9-8-12-20(15-18)28-23-22-17-27-31(21-13-6-3-7-14-21)24(22)30-25(29-23)26-16-19-10-4-2-5-11-19/h2-15,17H,16H2,1H3,(H2,26,28,29,30). The number of aryl methyl sites for hydroxylation is 1. The SMILES string of the molecule is Cc1cccc(Nc2nc(NCc3ccccc3)nc3c2cnn3-c2ccccc2)c1. The van der Waals surface area contributed by atoms with E-state index < -0.39 is 0 Å². The first-order chi connectivity index (χ1) is 15.3. The predicted octanol–water partition coefficient (Wildman–Crippen LogP) is 5.48. The molecule has 0 spiro atoms. The number of hydrogen-bond donors (Lipinski definition) is 2. The molecule has 2 aromatic heterocycles. The van der Waals surface area contributed by atoms with Gasteiger partial charge in [-0.1, -0.05) is 60.7 Å². The third kappa shape index (κ3) is 4.09. The Bertz CT molecular complexity index is 1310. The molecule has 0 saturated heterocycles. The zero-order valence-corrected chi connectivity index (χ0v) is 17.2. The van der Waals surface area contributed by atoms with Crippen LogP contribution in [0.25, 0.3) is 16.7 Å². The Balaban J connectivity index is 1.57. The van der Waals surface area contributed by atoms with Crippen molar-refractivity contribution in [3.8, 4) is 5.69 Å². The average Bonchev–Trinajstić information content (AvgIpc) is 3.23. The number of aromatic nitrogens is 4. The normalized spacial score (nSPS) is 10.9. The van der Waals surface area contributed by atoms with Crippen molar-refractivity contribution in [2.75, 3.05) is 10.6 Å². The molecule has 3 aromatic carbocycles. The number of nitrogens with one attached hydrogen (secondary N) is 2. The van der Waals surface area contributed by atoms with E-state index in [2.05, 4.69) is 46.9 Å². The van der Waals surface area contributed by atoms with Gasteiger partial charge in [0.05, 0.1) is 17.3 Å². The van der Waals surface area contributed by atoms with Crippen LogP contribution in [0.2, 0.25) is 0 Å². The van der Waals surface area contributed by atoms with Crippen molar-refractivity contribution in [1.82, 2.24) is 19.7 Å². The van der Waals surface area contributed by atoms with Crippen molar-refractivity contribution in [2.24, 2.45) is 0 Å². The third-order valence-corrected chi connectivity index (χ3v) is 5.00. The Morgan fingerprint density at radius 1 is 0.839 bits per heavy atom. The molecule has 31 heavy (non-hydrogen) atoms. The van der Waals surface area contributed by atoms with Gasteiger partial charge in [-0.25, -0.2) is 4.68 Å². The minimum Gasteiger partial charge on any atom is -0.350 e. The molecule has 0 aliphatic carbocycles. The second-order valence-corrected chi connectivity index (χ2v) is 7.36. The molecule has 0 radical (unpaired) electrons. The number of para-hydroxylation sites is 1. The maximum Gasteiger partial charge on any atom is 0.227 e. The summed E-state index contributed by atoms with van der Waals surface area (Å²) in [6.45, 7) is 2.71. The molecule has 6 heteroatoms. The molecular weight excluding hydrogens is 384 g/mol. The first-order valence-electron chi connectivity index (χ1n) is 10.2. The highest BCUT2D eigenvalue weighted by molar-refractivity contribution is 5.90. The number of fused-ring (bicyclic) bond motifs is 1. The second-order valence-electron chi connectivity index (χ2n) is 7.36. The van der Waals surface area contributed by atoms with Crippen LogP contribution in [0.5, 0.6) is 0 Å². The van der Waals surface area contributed by atoms with E-state index in [-0.39, 0.29) is 0 Å². The summed E-state index contributed by atoms with van der Waals surface area (Å²) in [6, 6.07) is 28.4. The first kappa shape index (κ1) is 18.8. The van der Waals surface area contributed by atoms with Crippen molar-refractivity contribution in [3.63, 3.8) is 0 Å². The maximum atomic E-state index is 4.78. The summed E-state index contributed by atoms with van der Waals surface area (Å²) in [4.78, 5) is 9.55. The van der Waals surface area contributed by atoms with Crippen molar-refractivity contribution in [1.29, 1.82) is 0 Å². The van der Waals surface area contributed by atoms with Crippen molar-refractivity contribution < 1.29 is 0 Å². The fraction of sp³-hybridized carbons (Fsp3) is 0.0800. The Labute approximate surface area is 180 Å². The quantitative estimate of drug-likeness (QED) is 0.391. The van der Waals surface area contributed by atoms with Crippen LogP contribution in [0, 0.1) is 6.92 Å². The van der Waals surface area contributed by atoms with Gasteiger partial charge < -0.3 is 10.6 Å². The fourth-order valence-corrected chi connectivity index (χ4v) is 3.48. The monoisotopic (exact) mass is 406 g/mol. The van der Waals surface area contributed by atoms with Gasteiger partial charge in [0.25, 0.3) is 0 Å². The zero-order valence-electron chi connectivity index (χ0n) is 17.2. The summed E-state index contributed by atoms with van der Waals surface area (Å²) in [5.41, 5.74) is 5.01. The van der Waals surface area contributed by atoms with E-state index >= 15 is 0 Å². The van der Waals surface area contributed by atoms with Gasteiger partial charge >= 0.3 is 0 Å². The molecule has 0 unspecified atom stereocenters. The van der Waals surface area contributed by atoms with Gasteiger partial charge in [-0.05, 0) is 42.3 Å². The third-order valence-electron chi connectivity index (χ3n) is 5.00. The summed E-state index contributed by atoms with van der Waals surface area (Å²) in [6.07, 6.45) is 1.81. The van der Waals surface area contributed by atoms with E-state index in [0.717, 1.165) is 28.0 Å². The first-order valence-corrected chi connectivity index (χ1v) is 10.2. The summed E-state index contributed by atoms with van der Waals surface area (Å²) < 4.78 is 1.84. The largest absolute Gasteiger partial charge is 0.350 e. The van der Waals surface area contributed by atoms with Gasteiger partial charge in [-0.3, -0.25) is 0 Å². The van der Waals surface area contributed by atoms with E-state index in [0.29, 0.717) is 18.3 Å². The van der Waals surface area contributed by atoms with Gasteiger partial charge in [0, 0.05) is 12.2 Å². The molecule has 2 N–H and O–H groups in total. The van der Waals surface area contributed by atoms with Crippen molar-refractivity contribution >= 4 is 28.5 Å². The topological polar surface area (TPSA) is 67.7 Å². The van der Waals surface area contributed by atoms with Gasteiger partial charge in [-0.15, -0.1) is 0 Å². The molecule has 0 saturated carbocycles. The van der Waals surface area contributed by atoms with Gasteiger partial charge in [0.15, 0.2) is 5.65 Å². The highest BCUT2D eigenvalue weighted by atomic mass is 15.3. The summed E-state index contributed by atoms with van der Waals surface area (Å²) in [7, 11) is 0. The van der Waals surface area contributed by atoms with Crippen LogP contribution in [-0.4, -0.2) is 19.7 Å². The number of hydrogen-bond acceptors (Lipinski definition) is 5. The summed E-state index contributed by atoms with van der Waals surface area (Å²) >= 11 is 0. The van der Waals surface area contributed by atoms with Crippen LogP contribution in [0.3, 0.4) is 0 Å². The molecule has 2 heterocycles. The van der Waals surface area contributed by atoms with Gasteiger partial charge in [0.2, 0.25) is 5.95 Å². The molecule has 0 bridgehead atoms. The second kappa shape index (κ2) is 8.28. The molecule has 5 rings (SSSR count). The van der Waals surface area contributed by atoms with Crippen LogP contribution in [-0.2, 0) is 6.54 Å². The van der Waals surface area contributed by atoms with E-state index in [9.17, 15) is 0 Å². The number of anilines is 3. The molecule has 0 fully saturated rings. The lowest BCUT2D eigenvalue weighted by atomic mass is 10.2. The Hall–Kier alpha value is -4.19. The minimum absolute atomic E-state index is 0.546. The number of rotatable bonds is 6. The van der Waals surface area contributed by atoms with E-state index in [1.807, 2.05) is 65.3 Å². The fourth-order valence-electron chi connectivity index (χ4n) is 3.48.